The molecule has 2 rings (SSSR count). The second-order valence-corrected chi connectivity index (χ2v) is 6.05. The van der Waals surface area contributed by atoms with E-state index in [-0.39, 0.29) is 10.6 Å². The Kier molecular flexibility index (Phi) is 6.15. The van der Waals surface area contributed by atoms with Crippen LogP contribution in [0.5, 0.6) is 0 Å². The number of alkyl halides is 3. The molecular formula is C17H12Cl2F3NO3. The predicted molar refractivity (Wildman–Crippen MR) is 91.4 cm³/mol. The minimum absolute atomic E-state index is 0.0218. The van der Waals surface area contributed by atoms with Crippen molar-refractivity contribution in [2.75, 3.05) is 5.32 Å². The first-order chi connectivity index (χ1) is 12.1. The molecule has 1 amide bonds. The van der Waals surface area contributed by atoms with E-state index in [1.807, 2.05) is 0 Å². The molecule has 0 fully saturated rings. The fraction of sp³-hybridized carbons (Fsp3) is 0.176. The fourth-order valence-corrected chi connectivity index (χ4v) is 2.49. The molecule has 0 bridgehead atoms. The van der Waals surface area contributed by atoms with E-state index in [9.17, 15) is 22.8 Å². The Morgan fingerprint density at radius 1 is 1.12 bits per heavy atom. The first-order valence-electron chi connectivity index (χ1n) is 7.22. The molecule has 0 saturated carbocycles. The number of hydrogen-bond acceptors (Lipinski definition) is 3. The van der Waals surface area contributed by atoms with Crippen LogP contribution < -0.4 is 5.32 Å². The van der Waals surface area contributed by atoms with Crippen LogP contribution in [0.3, 0.4) is 0 Å². The van der Waals surface area contributed by atoms with E-state index in [2.05, 4.69) is 5.32 Å². The van der Waals surface area contributed by atoms with Crippen molar-refractivity contribution in [3.63, 3.8) is 0 Å². The molecule has 9 heteroatoms. The predicted octanol–water partition coefficient (Wildman–Crippen LogP) is 5.20. The van der Waals surface area contributed by atoms with Crippen molar-refractivity contribution in [1.82, 2.24) is 0 Å². The summed E-state index contributed by atoms with van der Waals surface area (Å²) >= 11 is 11.6. The highest BCUT2D eigenvalue weighted by Gasteiger charge is 2.34. The van der Waals surface area contributed by atoms with Gasteiger partial charge in [0.1, 0.15) is 0 Å². The summed E-state index contributed by atoms with van der Waals surface area (Å²) in [6.45, 7) is 1.23. The van der Waals surface area contributed by atoms with Gasteiger partial charge in [0.15, 0.2) is 6.10 Å². The highest BCUT2D eigenvalue weighted by atomic mass is 35.5. The molecule has 0 radical (unpaired) electrons. The number of nitrogens with one attached hydrogen (secondary N) is 1. The van der Waals surface area contributed by atoms with Gasteiger partial charge in [-0.2, -0.15) is 13.2 Å². The van der Waals surface area contributed by atoms with Crippen LogP contribution in [0.2, 0.25) is 10.0 Å². The quantitative estimate of drug-likeness (QED) is 0.711. The second kappa shape index (κ2) is 7.97. The number of halogens is 5. The third-order valence-corrected chi connectivity index (χ3v) is 3.84. The Balaban J connectivity index is 2.10. The number of anilines is 1. The molecule has 0 aliphatic heterocycles. The Labute approximate surface area is 156 Å². The second-order valence-electron chi connectivity index (χ2n) is 5.20. The lowest BCUT2D eigenvalue weighted by atomic mass is 10.1. The lowest BCUT2D eigenvalue weighted by Gasteiger charge is -2.17. The van der Waals surface area contributed by atoms with Crippen molar-refractivity contribution in [1.29, 1.82) is 0 Å². The largest absolute Gasteiger partial charge is 0.449 e. The van der Waals surface area contributed by atoms with Crippen LogP contribution in [0.4, 0.5) is 18.9 Å². The highest BCUT2D eigenvalue weighted by Crippen LogP contribution is 2.34. The van der Waals surface area contributed by atoms with Gasteiger partial charge < -0.3 is 10.1 Å². The summed E-state index contributed by atoms with van der Waals surface area (Å²) in [7, 11) is 0. The standard InChI is InChI=1S/C17H12Cl2F3NO3/c1-9(26-16(25)11-7-6-10(18)8-13(11)19)15(24)23-14-5-3-2-4-12(14)17(20,21)22/h2-9H,1H3,(H,23,24)/t9-/m0/s1. The van der Waals surface area contributed by atoms with Crippen LogP contribution in [-0.2, 0) is 15.7 Å². The SMILES string of the molecule is C[C@H](OC(=O)c1ccc(Cl)cc1Cl)C(=O)Nc1ccccc1C(F)(F)F. The number of carbonyl (C=O) groups excluding carboxylic acids is 2. The van der Waals surface area contributed by atoms with E-state index < -0.39 is 35.4 Å². The average molecular weight is 406 g/mol. The van der Waals surface area contributed by atoms with Gasteiger partial charge in [0.05, 0.1) is 21.8 Å². The zero-order valence-electron chi connectivity index (χ0n) is 13.2. The molecule has 0 unspecified atom stereocenters. The van der Waals surface area contributed by atoms with E-state index >= 15 is 0 Å². The number of esters is 1. The molecule has 0 spiro atoms. The van der Waals surface area contributed by atoms with Gasteiger partial charge >= 0.3 is 12.1 Å². The molecule has 0 aromatic heterocycles. The molecule has 0 aliphatic carbocycles. The molecular weight excluding hydrogens is 394 g/mol. The third-order valence-electron chi connectivity index (χ3n) is 3.29. The van der Waals surface area contributed by atoms with Gasteiger partial charge in [0.2, 0.25) is 0 Å². The summed E-state index contributed by atoms with van der Waals surface area (Å²) in [5.74, 6) is -1.82. The van der Waals surface area contributed by atoms with Crippen LogP contribution >= 0.6 is 23.2 Å². The molecule has 0 heterocycles. The van der Waals surface area contributed by atoms with E-state index in [1.54, 1.807) is 0 Å². The molecule has 0 aliphatic rings. The van der Waals surface area contributed by atoms with Gasteiger partial charge in [-0.3, -0.25) is 4.79 Å². The molecule has 4 nitrogen and oxygen atoms in total. The lowest BCUT2D eigenvalue weighted by Crippen LogP contribution is -2.30. The van der Waals surface area contributed by atoms with Crippen LogP contribution in [-0.4, -0.2) is 18.0 Å². The Bertz CT molecular complexity index is 840. The summed E-state index contributed by atoms with van der Waals surface area (Å²) in [5, 5.41) is 2.44. The topological polar surface area (TPSA) is 55.4 Å². The normalized spacial score (nSPS) is 12.4. The number of carbonyl (C=O) groups is 2. The number of amides is 1. The molecule has 2 aromatic rings. The van der Waals surface area contributed by atoms with Gasteiger partial charge in [-0.05, 0) is 37.3 Å². The number of ether oxygens (including phenoxy) is 1. The number of benzene rings is 2. The number of rotatable bonds is 4. The minimum Gasteiger partial charge on any atom is -0.449 e. The van der Waals surface area contributed by atoms with Crippen LogP contribution in [0, 0.1) is 0 Å². The van der Waals surface area contributed by atoms with Crippen molar-refractivity contribution >= 4 is 40.8 Å². The zero-order chi connectivity index (χ0) is 19.5. The summed E-state index contributed by atoms with van der Waals surface area (Å²) in [4.78, 5) is 24.1. The third kappa shape index (κ3) is 4.89. The van der Waals surface area contributed by atoms with E-state index in [1.165, 1.54) is 37.3 Å². The lowest BCUT2D eigenvalue weighted by molar-refractivity contribution is -0.137. The Morgan fingerprint density at radius 2 is 1.77 bits per heavy atom. The van der Waals surface area contributed by atoms with Crippen molar-refractivity contribution in [3.8, 4) is 0 Å². The highest BCUT2D eigenvalue weighted by molar-refractivity contribution is 6.36. The first kappa shape index (κ1) is 20.1. The monoisotopic (exact) mass is 405 g/mol. The maximum Gasteiger partial charge on any atom is 0.418 e. The van der Waals surface area contributed by atoms with Gasteiger partial charge in [0, 0.05) is 5.02 Å². The summed E-state index contributed by atoms with van der Waals surface area (Å²) in [5.41, 5.74) is -1.46. The Morgan fingerprint density at radius 3 is 2.38 bits per heavy atom. The van der Waals surface area contributed by atoms with Crippen molar-refractivity contribution in [3.05, 3.63) is 63.6 Å². The zero-order valence-corrected chi connectivity index (χ0v) is 14.7. The number of hydrogen-bond donors (Lipinski definition) is 1. The fourth-order valence-electron chi connectivity index (χ4n) is 2.01. The van der Waals surface area contributed by atoms with Crippen molar-refractivity contribution < 1.29 is 27.5 Å². The molecule has 1 atom stereocenters. The average Bonchev–Trinajstić information content (AvgIpc) is 2.54. The van der Waals surface area contributed by atoms with Crippen molar-refractivity contribution in [2.45, 2.75) is 19.2 Å². The first-order valence-corrected chi connectivity index (χ1v) is 7.98. The molecule has 0 saturated heterocycles. The maximum atomic E-state index is 12.9. The summed E-state index contributed by atoms with van der Waals surface area (Å²) in [6, 6.07) is 8.53. The number of para-hydroxylation sites is 1. The van der Waals surface area contributed by atoms with Gasteiger partial charge in [-0.25, -0.2) is 4.79 Å². The summed E-state index contributed by atoms with van der Waals surface area (Å²) < 4.78 is 43.8. The molecule has 26 heavy (non-hydrogen) atoms. The Hall–Kier alpha value is -2.25. The van der Waals surface area contributed by atoms with Gasteiger partial charge in [0.25, 0.3) is 5.91 Å². The van der Waals surface area contributed by atoms with Crippen LogP contribution in [0.1, 0.15) is 22.8 Å². The van der Waals surface area contributed by atoms with Crippen LogP contribution in [0.15, 0.2) is 42.5 Å². The smallest absolute Gasteiger partial charge is 0.418 e. The van der Waals surface area contributed by atoms with E-state index in [0.717, 1.165) is 12.1 Å². The molecule has 1 N–H and O–H groups in total. The molecule has 138 valence electrons. The van der Waals surface area contributed by atoms with Gasteiger partial charge in [-0.15, -0.1) is 0 Å². The molecule has 2 aromatic carbocycles. The minimum atomic E-state index is -4.64. The van der Waals surface area contributed by atoms with E-state index in [4.69, 9.17) is 27.9 Å². The van der Waals surface area contributed by atoms with Gasteiger partial charge in [-0.1, -0.05) is 35.3 Å². The maximum absolute atomic E-state index is 12.9. The van der Waals surface area contributed by atoms with E-state index in [0.29, 0.717) is 5.02 Å². The van der Waals surface area contributed by atoms with Crippen LogP contribution in [0.25, 0.3) is 0 Å². The van der Waals surface area contributed by atoms with Crippen molar-refractivity contribution in [2.24, 2.45) is 0 Å². The summed E-state index contributed by atoms with van der Waals surface area (Å²) in [6.07, 6.45) is -5.99.